The lowest BCUT2D eigenvalue weighted by atomic mass is 10.0. The number of hydrogen-bond acceptors (Lipinski definition) is 3. The van der Waals surface area contributed by atoms with E-state index in [1.807, 2.05) is 36.4 Å². The van der Waals surface area contributed by atoms with Crippen LogP contribution in [0, 0.1) is 0 Å². The van der Waals surface area contributed by atoms with Crippen molar-refractivity contribution in [2.24, 2.45) is 5.10 Å². The number of aromatic nitrogens is 1. The van der Waals surface area contributed by atoms with E-state index in [9.17, 15) is 13.2 Å². The quantitative estimate of drug-likeness (QED) is 0.359. The maximum atomic E-state index is 12.6. The van der Waals surface area contributed by atoms with Crippen molar-refractivity contribution < 1.29 is 13.2 Å². The summed E-state index contributed by atoms with van der Waals surface area (Å²) in [4.78, 5) is 4.03. The maximum absolute atomic E-state index is 12.6. The smallest absolute Gasteiger partial charge is 0.357 e. The number of nitrogens with one attached hydrogen (secondary N) is 2. The molecule has 2 N–H and O–H groups in total. The highest BCUT2D eigenvalue weighted by Crippen LogP contribution is 2.30. The Morgan fingerprint density at radius 1 is 1.00 bits per heavy atom. The van der Waals surface area contributed by atoms with E-state index >= 15 is 0 Å². The number of alkyl halides is 3. The Labute approximate surface area is 171 Å². The molecule has 0 spiro atoms. The van der Waals surface area contributed by atoms with Gasteiger partial charge in [0.1, 0.15) is 0 Å². The summed E-state index contributed by atoms with van der Waals surface area (Å²) in [7, 11) is 0. The van der Waals surface area contributed by atoms with Crippen molar-refractivity contribution in [2.45, 2.75) is 12.7 Å². The number of halogens is 3. The van der Waals surface area contributed by atoms with Crippen LogP contribution < -0.4 is 10.7 Å². The summed E-state index contributed by atoms with van der Waals surface area (Å²) in [6.07, 6.45) is 0.720. The van der Waals surface area contributed by atoms with Crippen LogP contribution >= 0.6 is 12.2 Å². The number of thiocarbonyl (C=S) groups is 1. The fourth-order valence-electron chi connectivity index (χ4n) is 2.50. The molecule has 0 saturated carbocycles. The van der Waals surface area contributed by atoms with Gasteiger partial charge in [-0.25, -0.2) is 0 Å². The normalized spacial score (nSPS) is 11.4. The van der Waals surface area contributed by atoms with Gasteiger partial charge in [-0.15, -0.1) is 0 Å². The third kappa shape index (κ3) is 6.11. The van der Waals surface area contributed by atoms with E-state index in [0.29, 0.717) is 17.2 Å². The zero-order chi connectivity index (χ0) is 20.7. The van der Waals surface area contributed by atoms with Crippen LogP contribution in [0.5, 0.6) is 0 Å². The molecule has 8 heteroatoms. The van der Waals surface area contributed by atoms with Crippen LogP contribution in [0.25, 0.3) is 11.1 Å². The van der Waals surface area contributed by atoms with E-state index in [-0.39, 0.29) is 0 Å². The molecule has 0 aliphatic rings. The predicted molar refractivity (Wildman–Crippen MR) is 111 cm³/mol. The summed E-state index contributed by atoms with van der Waals surface area (Å²) in [5.74, 6) is 0. The van der Waals surface area contributed by atoms with Crippen molar-refractivity contribution in [3.8, 4) is 11.1 Å². The molecule has 0 unspecified atom stereocenters. The maximum Gasteiger partial charge on any atom is 0.416 e. The van der Waals surface area contributed by atoms with Gasteiger partial charge >= 0.3 is 6.18 Å². The van der Waals surface area contributed by atoms with Crippen molar-refractivity contribution in [2.75, 3.05) is 0 Å². The molecular weight excluding hydrogens is 397 g/mol. The fraction of sp³-hybridized carbons (Fsp3) is 0.0952. The molecule has 3 aromatic rings. The first-order valence-electron chi connectivity index (χ1n) is 8.65. The van der Waals surface area contributed by atoms with Crippen LogP contribution in [-0.2, 0) is 12.7 Å². The second-order valence-corrected chi connectivity index (χ2v) is 6.52. The molecule has 4 nitrogen and oxygen atoms in total. The summed E-state index contributed by atoms with van der Waals surface area (Å²) in [5, 5.41) is 7.47. The van der Waals surface area contributed by atoms with Gasteiger partial charge in [-0.2, -0.15) is 18.3 Å². The summed E-state index contributed by atoms with van der Waals surface area (Å²) in [6.45, 7) is 0.539. The van der Waals surface area contributed by atoms with Gasteiger partial charge in [-0.05, 0) is 52.7 Å². The molecule has 0 fully saturated rings. The average Bonchev–Trinajstić information content (AvgIpc) is 2.73. The van der Waals surface area contributed by atoms with Gasteiger partial charge < -0.3 is 5.32 Å². The van der Waals surface area contributed by atoms with E-state index in [0.717, 1.165) is 28.8 Å². The third-order valence-electron chi connectivity index (χ3n) is 4.01. The molecule has 0 saturated heterocycles. The Balaban J connectivity index is 1.53. The zero-order valence-electron chi connectivity index (χ0n) is 15.1. The Morgan fingerprint density at radius 3 is 2.24 bits per heavy atom. The van der Waals surface area contributed by atoms with Crippen LogP contribution in [-0.4, -0.2) is 16.3 Å². The highest BCUT2D eigenvalue weighted by atomic mass is 32.1. The van der Waals surface area contributed by atoms with E-state index in [1.165, 1.54) is 12.1 Å². The topological polar surface area (TPSA) is 49.3 Å². The molecule has 0 aliphatic carbocycles. The van der Waals surface area contributed by atoms with Crippen molar-refractivity contribution in [1.29, 1.82) is 0 Å². The Bertz CT molecular complexity index is 970. The SMILES string of the molecule is FC(F)(F)c1ccc(-c2ccc(/C=N/NC(=S)NCc3cccnc3)cc2)cc1. The first-order chi connectivity index (χ1) is 13.9. The van der Waals surface area contributed by atoms with Crippen molar-refractivity contribution in [3.63, 3.8) is 0 Å². The fourth-order valence-corrected chi connectivity index (χ4v) is 2.63. The van der Waals surface area contributed by atoms with Crippen LogP contribution in [0.15, 0.2) is 78.2 Å². The first kappa shape index (κ1) is 20.5. The van der Waals surface area contributed by atoms with Crippen LogP contribution in [0.3, 0.4) is 0 Å². The van der Waals surface area contributed by atoms with E-state index in [1.54, 1.807) is 18.6 Å². The predicted octanol–water partition coefficient (Wildman–Crippen LogP) is 4.77. The van der Waals surface area contributed by atoms with Crippen molar-refractivity contribution >= 4 is 23.5 Å². The highest BCUT2D eigenvalue weighted by Gasteiger charge is 2.29. The van der Waals surface area contributed by atoms with Gasteiger partial charge in [-0.1, -0.05) is 42.5 Å². The largest absolute Gasteiger partial charge is 0.416 e. The molecular formula is C21H17F3N4S. The number of hydrazone groups is 1. The minimum absolute atomic E-state index is 0.381. The molecule has 0 aliphatic heterocycles. The first-order valence-corrected chi connectivity index (χ1v) is 9.06. The van der Waals surface area contributed by atoms with Crippen LogP contribution in [0.1, 0.15) is 16.7 Å². The second kappa shape index (κ2) is 9.29. The Hall–Kier alpha value is -3.26. The van der Waals surface area contributed by atoms with Gasteiger partial charge in [0.2, 0.25) is 0 Å². The van der Waals surface area contributed by atoms with Crippen molar-refractivity contribution in [1.82, 2.24) is 15.7 Å². The summed E-state index contributed by atoms with van der Waals surface area (Å²) in [5.41, 5.74) is 5.42. The van der Waals surface area contributed by atoms with Gasteiger partial charge in [0.05, 0.1) is 11.8 Å². The molecule has 1 heterocycles. The lowest BCUT2D eigenvalue weighted by Gasteiger charge is -2.08. The second-order valence-electron chi connectivity index (χ2n) is 6.11. The summed E-state index contributed by atoms with van der Waals surface area (Å²) < 4.78 is 37.9. The lowest BCUT2D eigenvalue weighted by molar-refractivity contribution is -0.137. The Morgan fingerprint density at radius 2 is 1.66 bits per heavy atom. The molecule has 29 heavy (non-hydrogen) atoms. The minimum atomic E-state index is -4.33. The number of benzene rings is 2. The van der Waals surface area contributed by atoms with Gasteiger partial charge in [0, 0.05) is 18.9 Å². The molecule has 148 valence electrons. The number of pyridine rings is 1. The standard InChI is InChI=1S/C21H17F3N4S/c22-21(23,24)19-9-7-18(8-10-19)17-5-3-15(4-6-17)14-27-28-20(29)26-13-16-2-1-11-25-12-16/h1-12,14H,13H2,(H2,26,28,29)/b27-14+. The van der Waals surface area contributed by atoms with Gasteiger partial charge in [0.25, 0.3) is 0 Å². The molecule has 3 rings (SSSR count). The average molecular weight is 414 g/mol. The summed E-state index contributed by atoms with van der Waals surface area (Å²) in [6, 6.07) is 16.1. The van der Waals surface area contributed by atoms with Gasteiger partial charge in [0.15, 0.2) is 5.11 Å². The molecule has 0 amide bonds. The number of hydrogen-bond donors (Lipinski definition) is 2. The highest BCUT2D eigenvalue weighted by molar-refractivity contribution is 7.80. The van der Waals surface area contributed by atoms with E-state index in [4.69, 9.17) is 12.2 Å². The van der Waals surface area contributed by atoms with Crippen LogP contribution in [0.4, 0.5) is 13.2 Å². The zero-order valence-corrected chi connectivity index (χ0v) is 16.0. The molecule has 1 aromatic heterocycles. The molecule has 0 radical (unpaired) electrons. The van der Waals surface area contributed by atoms with Gasteiger partial charge in [-0.3, -0.25) is 10.4 Å². The molecule has 0 atom stereocenters. The summed E-state index contributed by atoms with van der Waals surface area (Å²) >= 11 is 5.15. The molecule has 0 bridgehead atoms. The number of rotatable bonds is 5. The van der Waals surface area contributed by atoms with Crippen LogP contribution in [0.2, 0.25) is 0 Å². The van der Waals surface area contributed by atoms with E-state index in [2.05, 4.69) is 20.8 Å². The van der Waals surface area contributed by atoms with Crippen molar-refractivity contribution in [3.05, 3.63) is 89.7 Å². The Kier molecular flexibility index (Phi) is 6.56. The third-order valence-corrected chi connectivity index (χ3v) is 4.25. The molecule has 2 aromatic carbocycles. The lowest BCUT2D eigenvalue weighted by Crippen LogP contribution is -2.31. The minimum Gasteiger partial charge on any atom is -0.357 e. The monoisotopic (exact) mass is 414 g/mol. The number of nitrogens with zero attached hydrogens (tertiary/aromatic N) is 2. The van der Waals surface area contributed by atoms with E-state index < -0.39 is 11.7 Å².